The fraction of sp³-hybridized carbons (Fsp3) is 0.357. The zero-order chi connectivity index (χ0) is 16.3. The van der Waals surface area contributed by atoms with E-state index < -0.39 is 35.9 Å². The van der Waals surface area contributed by atoms with Crippen LogP contribution in [0.5, 0.6) is 0 Å². The fourth-order valence-corrected chi connectivity index (χ4v) is 1.81. The molecule has 8 heteroatoms. The first-order valence-electron chi connectivity index (χ1n) is 6.52. The first-order valence-corrected chi connectivity index (χ1v) is 6.52. The van der Waals surface area contributed by atoms with Gasteiger partial charge in [0.05, 0.1) is 12.3 Å². The van der Waals surface area contributed by atoms with Crippen LogP contribution in [0.2, 0.25) is 0 Å². The molecular weight excluding hydrogens is 295 g/mol. The average molecular weight is 310 g/mol. The van der Waals surface area contributed by atoms with E-state index >= 15 is 0 Å². The second-order valence-corrected chi connectivity index (χ2v) is 5.14. The van der Waals surface area contributed by atoms with E-state index in [1.54, 1.807) is 6.07 Å². The SMILES string of the molecule is CC(O)(CNC(=O)C1CC(c2cccc(F)c2)=NO1)C(=O)O. The summed E-state index contributed by atoms with van der Waals surface area (Å²) in [4.78, 5) is 27.6. The Balaban J connectivity index is 1.92. The van der Waals surface area contributed by atoms with Crippen LogP contribution in [0, 0.1) is 5.82 Å². The normalized spacial score (nSPS) is 19.8. The molecule has 22 heavy (non-hydrogen) atoms. The van der Waals surface area contributed by atoms with E-state index in [1.165, 1.54) is 18.2 Å². The maximum atomic E-state index is 13.1. The van der Waals surface area contributed by atoms with Crippen LogP contribution < -0.4 is 5.32 Å². The van der Waals surface area contributed by atoms with Crippen LogP contribution >= 0.6 is 0 Å². The summed E-state index contributed by atoms with van der Waals surface area (Å²) in [5, 5.41) is 24.3. The lowest BCUT2D eigenvalue weighted by molar-refractivity contribution is -0.156. The van der Waals surface area contributed by atoms with Crippen molar-refractivity contribution in [2.75, 3.05) is 6.54 Å². The highest BCUT2D eigenvalue weighted by Crippen LogP contribution is 2.17. The first kappa shape index (κ1) is 15.9. The van der Waals surface area contributed by atoms with Crippen molar-refractivity contribution in [1.29, 1.82) is 0 Å². The Morgan fingerprint density at radius 3 is 2.91 bits per heavy atom. The summed E-state index contributed by atoms with van der Waals surface area (Å²) >= 11 is 0. The zero-order valence-electron chi connectivity index (χ0n) is 11.7. The van der Waals surface area contributed by atoms with Gasteiger partial charge in [-0.1, -0.05) is 17.3 Å². The lowest BCUT2D eigenvalue weighted by Crippen LogP contribution is -2.48. The van der Waals surface area contributed by atoms with Crippen molar-refractivity contribution >= 4 is 17.6 Å². The molecular formula is C14H15FN2O5. The largest absolute Gasteiger partial charge is 0.479 e. The fourth-order valence-electron chi connectivity index (χ4n) is 1.81. The van der Waals surface area contributed by atoms with Gasteiger partial charge in [-0.2, -0.15) is 0 Å². The summed E-state index contributed by atoms with van der Waals surface area (Å²) in [5.41, 5.74) is -1.14. The number of hydrogen-bond acceptors (Lipinski definition) is 5. The maximum Gasteiger partial charge on any atom is 0.337 e. The van der Waals surface area contributed by atoms with Crippen LogP contribution in [-0.2, 0) is 14.4 Å². The predicted octanol–water partition coefficient (Wildman–Crippen LogP) is 0.271. The highest BCUT2D eigenvalue weighted by Gasteiger charge is 2.34. The summed E-state index contributed by atoms with van der Waals surface area (Å²) in [6, 6.07) is 5.72. The molecule has 2 rings (SSSR count). The molecule has 0 saturated heterocycles. The second kappa shape index (κ2) is 6.10. The number of nitrogens with one attached hydrogen (secondary N) is 1. The Labute approximate surface area is 125 Å². The number of aliphatic carboxylic acids is 1. The van der Waals surface area contributed by atoms with E-state index in [9.17, 15) is 19.1 Å². The highest BCUT2D eigenvalue weighted by atomic mass is 19.1. The molecule has 118 valence electrons. The predicted molar refractivity (Wildman–Crippen MR) is 73.7 cm³/mol. The number of rotatable bonds is 5. The number of amides is 1. The Kier molecular flexibility index (Phi) is 4.41. The molecule has 1 aromatic rings. The molecule has 1 heterocycles. The third kappa shape index (κ3) is 3.59. The van der Waals surface area contributed by atoms with Gasteiger partial charge < -0.3 is 20.4 Å². The molecule has 1 aliphatic heterocycles. The van der Waals surface area contributed by atoms with Gasteiger partial charge in [0.2, 0.25) is 6.10 Å². The van der Waals surface area contributed by atoms with Gasteiger partial charge in [0.1, 0.15) is 5.82 Å². The lowest BCUT2D eigenvalue weighted by Gasteiger charge is -2.19. The Morgan fingerprint density at radius 1 is 1.55 bits per heavy atom. The maximum absolute atomic E-state index is 13.1. The summed E-state index contributed by atoms with van der Waals surface area (Å²) in [7, 11) is 0. The average Bonchev–Trinajstić information content (AvgIpc) is 2.94. The molecule has 0 saturated carbocycles. The minimum absolute atomic E-state index is 0.129. The van der Waals surface area contributed by atoms with Crippen LogP contribution in [0.15, 0.2) is 29.4 Å². The van der Waals surface area contributed by atoms with Crippen LogP contribution in [0.25, 0.3) is 0 Å². The highest BCUT2D eigenvalue weighted by molar-refractivity contribution is 6.04. The lowest BCUT2D eigenvalue weighted by atomic mass is 10.0. The first-order chi connectivity index (χ1) is 10.3. The van der Waals surface area contributed by atoms with Crippen LogP contribution in [0.1, 0.15) is 18.9 Å². The Bertz CT molecular complexity index is 629. The molecule has 7 nitrogen and oxygen atoms in total. The number of benzene rings is 1. The third-order valence-corrected chi connectivity index (χ3v) is 3.19. The van der Waals surface area contributed by atoms with Crippen LogP contribution in [0.4, 0.5) is 4.39 Å². The molecule has 2 atom stereocenters. The van der Waals surface area contributed by atoms with E-state index in [4.69, 9.17) is 9.94 Å². The molecule has 0 aliphatic carbocycles. The molecule has 2 unspecified atom stereocenters. The molecule has 0 radical (unpaired) electrons. The van der Waals surface area contributed by atoms with Gasteiger partial charge in [0.15, 0.2) is 5.60 Å². The van der Waals surface area contributed by atoms with Gasteiger partial charge >= 0.3 is 5.97 Å². The van der Waals surface area contributed by atoms with Gasteiger partial charge in [-0.05, 0) is 19.1 Å². The topological polar surface area (TPSA) is 108 Å². The molecule has 1 aliphatic rings. The molecule has 3 N–H and O–H groups in total. The van der Waals surface area contributed by atoms with Crippen molar-refractivity contribution in [3.8, 4) is 0 Å². The van der Waals surface area contributed by atoms with Crippen molar-refractivity contribution in [3.63, 3.8) is 0 Å². The number of oxime groups is 1. The van der Waals surface area contributed by atoms with Gasteiger partial charge in [-0.15, -0.1) is 0 Å². The van der Waals surface area contributed by atoms with Crippen molar-refractivity contribution < 1.29 is 29.0 Å². The molecule has 0 aromatic heterocycles. The van der Waals surface area contributed by atoms with Crippen molar-refractivity contribution in [2.45, 2.75) is 25.0 Å². The Hall–Kier alpha value is -2.48. The van der Waals surface area contributed by atoms with Crippen molar-refractivity contribution in [1.82, 2.24) is 5.32 Å². The Morgan fingerprint density at radius 2 is 2.27 bits per heavy atom. The van der Waals surface area contributed by atoms with Crippen LogP contribution in [0.3, 0.4) is 0 Å². The number of nitrogens with zero attached hydrogens (tertiary/aromatic N) is 1. The number of hydrogen-bond donors (Lipinski definition) is 3. The smallest absolute Gasteiger partial charge is 0.337 e. The summed E-state index contributed by atoms with van der Waals surface area (Å²) in [5.74, 6) is -2.47. The number of carbonyl (C=O) groups excluding carboxylic acids is 1. The summed E-state index contributed by atoms with van der Waals surface area (Å²) < 4.78 is 13.1. The van der Waals surface area contributed by atoms with Gasteiger partial charge in [-0.3, -0.25) is 4.79 Å². The number of carboxylic acid groups (broad SMARTS) is 1. The molecule has 0 fully saturated rings. The van der Waals surface area contributed by atoms with Crippen molar-refractivity contribution in [3.05, 3.63) is 35.6 Å². The van der Waals surface area contributed by atoms with Gasteiger partial charge in [-0.25, -0.2) is 9.18 Å². The molecule has 1 aromatic carbocycles. The van der Waals surface area contributed by atoms with E-state index in [2.05, 4.69) is 10.5 Å². The summed E-state index contributed by atoms with van der Waals surface area (Å²) in [6.45, 7) is 0.607. The van der Waals surface area contributed by atoms with E-state index in [-0.39, 0.29) is 6.42 Å². The second-order valence-electron chi connectivity index (χ2n) is 5.14. The third-order valence-electron chi connectivity index (χ3n) is 3.19. The van der Waals surface area contributed by atoms with Gasteiger partial charge in [0.25, 0.3) is 5.91 Å². The summed E-state index contributed by atoms with van der Waals surface area (Å²) in [6.07, 6.45) is -0.812. The molecule has 1 amide bonds. The quantitative estimate of drug-likeness (QED) is 0.723. The minimum Gasteiger partial charge on any atom is -0.479 e. The molecule has 0 bridgehead atoms. The standard InChI is InChI=1S/C14H15FN2O5/c1-14(21,13(19)20)7-16-12(18)11-6-10(17-22-11)8-3-2-4-9(15)5-8/h2-5,11,21H,6-7H2,1H3,(H,16,18)(H,19,20). The number of aliphatic hydroxyl groups is 1. The number of halogens is 1. The van der Waals surface area contributed by atoms with Crippen LogP contribution in [-0.4, -0.2) is 46.1 Å². The van der Waals surface area contributed by atoms with E-state index in [1.807, 2.05) is 0 Å². The minimum atomic E-state index is -2.07. The van der Waals surface area contributed by atoms with E-state index in [0.717, 1.165) is 6.92 Å². The molecule has 0 spiro atoms. The van der Waals surface area contributed by atoms with Crippen molar-refractivity contribution in [2.24, 2.45) is 5.16 Å². The van der Waals surface area contributed by atoms with Gasteiger partial charge in [0, 0.05) is 12.0 Å². The monoisotopic (exact) mass is 310 g/mol. The van der Waals surface area contributed by atoms with E-state index in [0.29, 0.717) is 11.3 Å². The number of carbonyl (C=O) groups is 2. The number of carboxylic acids is 1. The zero-order valence-corrected chi connectivity index (χ0v) is 11.7.